The standard InChI is InChI=1S/C28H44F4N4O3/c1-38-23-14-18(6-7-22(23)29)24(17-4-5-17)35-26(37)20-12-16(15-36-9-10-39-27(36)33)11-19(13-20)21-3-2-8-34-25(21)28(30,31)32/h16-25,33-34H,2-15H2,1H3,(H,35,37)/t16?,18?,19?,20?,21?,22?,23?,24-,25?/m0/s1. The minimum absolute atomic E-state index is 0.0107. The van der Waals surface area contributed by atoms with E-state index in [4.69, 9.17) is 14.9 Å². The molecule has 0 radical (unpaired) electrons. The van der Waals surface area contributed by atoms with Gasteiger partial charge in [-0.15, -0.1) is 0 Å². The first-order chi connectivity index (χ1) is 18.6. The van der Waals surface area contributed by atoms with Crippen molar-refractivity contribution >= 4 is 11.9 Å². The normalized spacial score (nSPS) is 38.8. The van der Waals surface area contributed by atoms with E-state index in [0.29, 0.717) is 83.5 Å². The van der Waals surface area contributed by atoms with Crippen LogP contribution in [-0.4, -0.2) is 80.7 Å². The van der Waals surface area contributed by atoms with E-state index in [2.05, 4.69) is 10.6 Å². The average molecular weight is 561 g/mol. The molecule has 0 aromatic carbocycles. The Labute approximate surface area is 228 Å². The average Bonchev–Trinajstić information content (AvgIpc) is 3.68. The van der Waals surface area contributed by atoms with E-state index in [-0.39, 0.29) is 41.6 Å². The number of rotatable bonds is 8. The molecule has 5 aliphatic rings. The van der Waals surface area contributed by atoms with Crippen molar-refractivity contribution in [1.29, 1.82) is 5.41 Å². The lowest BCUT2D eigenvalue weighted by Gasteiger charge is -2.44. The molecule has 2 saturated heterocycles. The summed E-state index contributed by atoms with van der Waals surface area (Å²) in [7, 11) is 1.53. The van der Waals surface area contributed by atoms with Gasteiger partial charge in [0.15, 0.2) is 0 Å². The monoisotopic (exact) mass is 560 g/mol. The van der Waals surface area contributed by atoms with Crippen LogP contribution < -0.4 is 10.6 Å². The maximum absolute atomic E-state index is 14.3. The highest BCUT2D eigenvalue weighted by Crippen LogP contribution is 2.46. The highest BCUT2D eigenvalue weighted by atomic mass is 19.4. The molecule has 0 aromatic heterocycles. The quantitative estimate of drug-likeness (QED) is 0.386. The fourth-order valence-corrected chi connectivity index (χ4v) is 7.96. The van der Waals surface area contributed by atoms with Crippen LogP contribution >= 0.6 is 0 Å². The first-order valence-electron chi connectivity index (χ1n) is 14.9. The first-order valence-corrected chi connectivity index (χ1v) is 14.9. The zero-order valence-corrected chi connectivity index (χ0v) is 22.9. The number of carbonyl (C=O) groups is 1. The molecule has 222 valence electrons. The molecule has 3 aliphatic carbocycles. The van der Waals surface area contributed by atoms with Gasteiger partial charge in [-0.1, -0.05) is 0 Å². The number of nitrogens with zero attached hydrogens (tertiary/aromatic N) is 1. The number of amides is 1. The van der Waals surface area contributed by atoms with Crippen LogP contribution in [0.1, 0.15) is 64.2 Å². The van der Waals surface area contributed by atoms with Gasteiger partial charge in [0.05, 0.1) is 12.6 Å². The second-order valence-corrected chi connectivity index (χ2v) is 12.6. The van der Waals surface area contributed by atoms with Crippen molar-refractivity contribution in [1.82, 2.24) is 15.5 Å². The number of ether oxygens (including phenoxy) is 2. The van der Waals surface area contributed by atoms with E-state index in [1.807, 2.05) is 4.90 Å². The van der Waals surface area contributed by atoms with Crippen LogP contribution in [0.25, 0.3) is 0 Å². The zero-order chi connectivity index (χ0) is 27.7. The van der Waals surface area contributed by atoms with Crippen molar-refractivity contribution in [3.8, 4) is 0 Å². The second kappa shape index (κ2) is 12.1. The van der Waals surface area contributed by atoms with Gasteiger partial charge in [-0.25, -0.2) is 4.39 Å². The Morgan fingerprint density at radius 2 is 1.92 bits per heavy atom. The number of piperidine rings is 1. The molecule has 11 heteroatoms. The van der Waals surface area contributed by atoms with Gasteiger partial charge in [0, 0.05) is 25.6 Å². The van der Waals surface area contributed by atoms with Crippen molar-refractivity contribution in [3.63, 3.8) is 0 Å². The zero-order valence-electron chi connectivity index (χ0n) is 22.9. The minimum Gasteiger partial charge on any atom is -0.463 e. The molecule has 2 aliphatic heterocycles. The van der Waals surface area contributed by atoms with Crippen molar-refractivity contribution in [2.75, 3.05) is 33.4 Å². The third kappa shape index (κ3) is 6.82. The highest BCUT2D eigenvalue weighted by Gasteiger charge is 2.50. The van der Waals surface area contributed by atoms with E-state index in [9.17, 15) is 22.4 Å². The summed E-state index contributed by atoms with van der Waals surface area (Å²) in [5.41, 5.74) is 0. The Balaban J connectivity index is 1.31. The van der Waals surface area contributed by atoms with E-state index >= 15 is 0 Å². The molecule has 0 spiro atoms. The van der Waals surface area contributed by atoms with Crippen LogP contribution in [0.3, 0.4) is 0 Å². The fourth-order valence-electron chi connectivity index (χ4n) is 7.96. The van der Waals surface area contributed by atoms with Gasteiger partial charge in [-0.3, -0.25) is 10.2 Å². The molecular weight excluding hydrogens is 516 g/mol. The molecule has 8 unspecified atom stereocenters. The molecule has 5 fully saturated rings. The van der Waals surface area contributed by atoms with Gasteiger partial charge in [-0.05, 0) is 100 Å². The molecule has 5 rings (SSSR count). The summed E-state index contributed by atoms with van der Waals surface area (Å²) in [6, 6.07) is -1.48. The number of alkyl halides is 4. The summed E-state index contributed by atoms with van der Waals surface area (Å²) >= 11 is 0. The largest absolute Gasteiger partial charge is 0.463 e. The van der Waals surface area contributed by atoms with Crippen molar-refractivity contribution in [2.24, 2.45) is 35.5 Å². The van der Waals surface area contributed by atoms with E-state index in [1.165, 1.54) is 7.11 Å². The Morgan fingerprint density at radius 3 is 2.59 bits per heavy atom. The molecule has 39 heavy (non-hydrogen) atoms. The highest BCUT2D eigenvalue weighted by molar-refractivity contribution is 5.79. The smallest absolute Gasteiger partial charge is 0.404 e. The molecular formula is C28H44F4N4O3. The predicted molar refractivity (Wildman–Crippen MR) is 138 cm³/mol. The van der Waals surface area contributed by atoms with Crippen LogP contribution in [0.15, 0.2) is 0 Å². The van der Waals surface area contributed by atoms with Gasteiger partial charge in [0.2, 0.25) is 5.91 Å². The Kier molecular flexibility index (Phi) is 8.95. The number of hydrogen-bond acceptors (Lipinski definition) is 5. The molecule has 0 bridgehead atoms. The van der Waals surface area contributed by atoms with E-state index < -0.39 is 30.4 Å². The molecule has 7 nitrogen and oxygen atoms in total. The maximum atomic E-state index is 14.3. The van der Waals surface area contributed by atoms with Crippen LogP contribution in [0.5, 0.6) is 0 Å². The number of carbonyl (C=O) groups excluding carboxylic acids is 1. The third-order valence-corrected chi connectivity index (χ3v) is 10.0. The van der Waals surface area contributed by atoms with Gasteiger partial charge in [0.25, 0.3) is 6.02 Å². The van der Waals surface area contributed by atoms with Crippen LogP contribution in [0.2, 0.25) is 0 Å². The summed E-state index contributed by atoms with van der Waals surface area (Å²) < 4.78 is 67.0. The summed E-state index contributed by atoms with van der Waals surface area (Å²) in [6.45, 7) is 1.91. The molecule has 9 atom stereocenters. The topological polar surface area (TPSA) is 86.7 Å². The molecule has 3 saturated carbocycles. The van der Waals surface area contributed by atoms with Crippen molar-refractivity contribution in [2.45, 2.75) is 94.7 Å². The SMILES string of the molecule is COC1CC([C@@H](NC(=O)C2CC(CN3CCOC3=N)CC(C3CCCNC3C(F)(F)F)C2)C2CC2)CCC1F. The van der Waals surface area contributed by atoms with Gasteiger partial charge < -0.3 is 25.0 Å². The Hall–Kier alpha value is -1.62. The lowest BCUT2D eigenvalue weighted by molar-refractivity contribution is -0.179. The predicted octanol–water partition coefficient (Wildman–Crippen LogP) is 4.26. The lowest BCUT2D eigenvalue weighted by atomic mass is 9.66. The van der Waals surface area contributed by atoms with Crippen molar-refractivity contribution in [3.05, 3.63) is 0 Å². The van der Waals surface area contributed by atoms with Gasteiger partial charge in [0.1, 0.15) is 18.8 Å². The molecule has 3 N–H and O–H groups in total. The maximum Gasteiger partial charge on any atom is 0.404 e. The Bertz CT molecular complexity index is 872. The van der Waals surface area contributed by atoms with Gasteiger partial charge >= 0.3 is 6.18 Å². The lowest BCUT2D eigenvalue weighted by Crippen LogP contribution is -2.55. The number of nitrogens with one attached hydrogen (secondary N) is 3. The number of hydrogen-bond donors (Lipinski definition) is 3. The van der Waals surface area contributed by atoms with Crippen LogP contribution in [0, 0.1) is 40.9 Å². The summed E-state index contributed by atoms with van der Waals surface area (Å²) in [5.74, 6) is -0.701. The van der Waals surface area contributed by atoms with Crippen molar-refractivity contribution < 1.29 is 31.8 Å². The first kappa shape index (κ1) is 28.9. The summed E-state index contributed by atoms with van der Waals surface area (Å²) in [4.78, 5) is 15.7. The number of methoxy groups -OCH3 is 1. The molecule has 1 amide bonds. The summed E-state index contributed by atoms with van der Waals surface area (Å²) in [5, 5.41) is 14.1. The van der Waals surface area contributed by atoms with Crippen LogP contribution in [-0.2, 0) is 14.3 Å². The van der Waals surface area contributed by atoms with Crippen LogP contribution in [0.4, 0.5) is 17.6 Å². The van der Waals surface area contributed by atoms with Gasteiger partial charge in [-0.2, -0.15) is 13.2 Å². The fraction of sp³-hybridized carbons (Fsp3) is 0.929. The van der Waals surface area contributed by atoms with E-state index in [1.54, 1.807) is 0 Å². The Morgan fingerprint density at radius 1 is 1.15 bits per heavy atom. The summed E-state index contributed by atoms with van der Waals surface area (Å²) in [6.07, 6.45) is 0.863. The number of halogens is 4. The molecule has 0 aromatic rings. The third-order valence-electron chi connectivity index (χ3n) is 10.0. The minimum atomic E-state index is -4.33. The second-order valence-electron chi connectivity index (χ2n) is 12.6. The molecule has 2 heterocycles. The van der Waals surface area contributed by atoms with E-state index in [0.717, 1.165) is 12.8 Å². The number of amidine groups is 1.